The maximum Gasteiger partial charge on any atom is 0.332 e. The van der Waals surface area contributed by atoms with Gasteiger partial charge in [0.05, 0.1) is 0 Å². The second-order valence-corrected chi connectivity index (χ2v) is 6.00. The number of benzene rings is 1. The van der Waals surface area contributed by atoms with Crippen molar-refractivity contribution in [1.82, 2.24) is 5.32 Å². The van der Waals surface area contributed by atoms with Crippen LogP contribution < -0.4 is 5.32 Å². The van der Waals surface area contributed by atoms with Gasteiger partial charge in [-0.15, -0.1) is 0 Å². The predicted molar refractivity (Wildman–Crippen MR) is 73.2 cm³/mol. The van der Waals surface area contributed by atoms with Gasteiger partial charge in [-0.05, 0) is 24.5 Å². The molecule has 3 N–H and O–H groups in total. The highest BCUT2D eigenvalue weighted by molar-refractivity contribution is 5.95. The quantitative estimate of drug-likeness (QED) is 0.773. The van der Waals surface area contributed by atoms with Crippen LogP contribution in [-0.4, -0.2) is 33.7 Å². The summed E-state index contributed by atoms with van der Waals surface area (Å²) in [6.45, 7) is 5.45. The number of nitrogens with one attached hydrogen (secondary N) is 1. The summed E-state index contributed by atoms with van der Waals surface area (Å²) >= 11 is 0. The predicted octanol–water partition coefficient (Wildman–Crippen LogP) is 1.28. The monoisotopic (exact) mass is 277 g/mol. The van der Waals surface area contributed by atoms with Gasteiger partial charge in [0, 0.05) is 17.0 Å². The maximum absolute atomic E-state index is 12.2. The van der Waals surface area contributed by atoms with E-state index in [4.69, 9.17) is 5.11 Å². The second-order valence-electron chi connectivity index (χ2n) is 6.00. The molecule has 5 nitrogen and oxygen atoms in total. The van der Waals surface area contributed by atoms with E-state index in [1.165, 1.54) is 0 Å². The molecule has 108 valence electrons. The molecular formula is C15H19NO4. The van der Waals surface area contributed by atoms with Crippen LogP contribution in [0.2, 0.25) is 0 Å². The lowest BCUT2D eigenvalue weighted by Crippen LogP contribution is -2.40. The molecular weight excluding hydrogens is 258 g/mol. The fourth-order valence-electron chi connectivity index (χ4n) is 3.01. The number of hydrogen-bond donors (Lipinski definition) is 3. The van der Waals surface area contributed by atoms with Crippen molar-refractivity contribution in [2.75, 3.05) is 0 Å². The first-order valence-corrected chi connectivity index (χ1v) is 6.50. The first-order chi connectivity index (χ1) is 9.22. The summed E-state index contributed by atoms with van der Waals surface area (Å²) in [5, 5.41) is 21.6. The third-order valence-electron chi connectivity index (χ3n) is 4.63. The molecule has 20 heavy (non-hydrogen) atoms. The zero-order chi connectivity index (χ0) is 15.1. The molecule has 1 fully saturated rings. The molecule has 0 saturated heterocycles. The Morgan fingerprint density at radius 3 is 2.25 bits per heavy atom. The number of rotatable bonds is 4. The molecule has 2 rings (SSSR count). The summed E-state index contributed by atoms with van der Waals surface area (Å²) in [6, 6.07) is 8.72. The standard InChI is InChI=1S/C15H19NO4/c1-14(2)11(10(17)13(19)20)15(14,3)16-12(18)9-7-5-4-6-8-9/h4-8,10-11,17H,1-3H3,(H,16,18)(H,19,20)/t10-,11+,15-/m0/s1. The van der Waals surface area contributed by atoms with Crippen LogP contribution >= 0.6 is 0 Å². The molecule has 1 saturated carbocycles. The van der Waals surface area contributed by atoms with E-state index >= 15 is 0 Å². The van der Waals surface area contributed by atoms with Crippen molar-refractivity contribution in [1.29, 1.82) is 0 Å². The summed E-state index contributed by atoms with van der Waals surface area (Å²) in [6.07, 6.45) is -1.48. The van der Waals surface area contributed by atoms with Gasteiger partial charge in [0.1, 0.15) is 0 Å². The number of carboxylic acids is 1. The molecule has 1 amide bonds. The highest BCUT2D eigenvalue weighted by atomic mass is 16.4. The number of amides is 1. The summed E-state index contributed by atoms with van der Waals surface area (Å²) < 4.78 is 0. The van der Waals surface area contributed by atoms with Crippen molar-refractivity contribution >= 4 is 11.9 Å². The SMILES string of the molecule is CC1(C)[C@@H]([C@H](O)C(=O)O)[C@]1(C)NC(=O)c1ccccc1. The van der Waals surface area contributed by atoms with E-state index in [1.807, 2.05) is 19.9 Å². The number of aliphatic hydroxyl groups excluding tert-OH is 1. The van der Waals surface area contributed by atoms with Gasteiger partial charge in [-0.2, -0.15) is 0 Å². The van der Waals surface area contributed by atoms with E-state index in [-0.39, 0.29) is 5.91 Å². The molecule has 1 aliphatic carbocycles. The van der Waals surface area contributed by atoms with Gasteiger partial charge >= 0.3 is 5.97 Å². The number of carbonyl (C=O) groups is 2. The Hall–Kier alpha value is -1.88. The Morgan fingerprint density at radius 2 is 1.75 bits per heavy atom. The molecule has 1 aromatic rings. The highest BCUT2D eigenvalue weighted by Gasteiger charge is 2.72. The Balaban J connectivity index is 2.17. The number of carbonyl (C=O) groups excluding carboxylic acids is 1. The Bertz CT molecular complexity index is 540. The molecule has 1 aromatic carbocycles. The minimum absolute atomic E-state index is 0.263. The highest BCUT2D eigenvalue weighted by Crippen LogP contribution is 2.63. The number of carboxylic acid groups (broad SMARTS) is 1. The molecule has 1 aliphatic rings. The van der Waals surface area contributed by atoms with E-state index in [0.717, 1.165) is 0 Å². The molecule has 0 bridgehead atoms. The lowest BCUT2D eigenvalue weighted by Gasteiger charge is -2.17. The average molecular weight is 277 g/mol. The van der Waals surface area contributed by atoms with Crippen molar-refractivity contribution in [3.63, 3.8) is 0 Å². The lowest BCUT2D eigenvalue weighted by molar-refractivity contribution is -0.148. The van der Waals surface area contributed by atoms with Gasteiger partial charge in [0.2, 0.25) is 0 Å². The number of aliphatic carboxylic acids is 1. The fourth-order valence-corrected chi connectivity index (χ4v) is 3.01. The van der Waals surface area contributed by atoms with Crippen molar-refractivity contribution in [2.45, 2.75) is 32.4 Å². The molecule has 0 heterocycles. The Morgan fingerprint density at radius 1 is 1.20 bits per heavy atom. The van der Waals surface area contributed by atoms with Gasteiger partial charge in [0.25, 0.3) is 5.91 Å². The molecule has 0 aromatic heterocycles. The summed E-state index contributed by atoms with van der Waals surface area (Å²) in [5.41, 5.74) is -0.701. The van der Waals surface area contributed by atoms with Crippen LogP contribution in [0.4, 0.5) is 0 Å². The zero-order valence-corrected chi connectivity index (χ0v) is 11.8. The van der Waals surface area contributed by atoms with Crippen molar-refractivity contribution < 1.29 is 19.8 Å². The summed E-state index contributed by atoms with van der Waals surface area (Å²) in [5.74, 6) is -2.04. The van der Waals surface area contributed by atoms with E-state index in [0.29, 0.717) is 5.56 Å². The molecule has 3 atom stereocenters. The maximum atomic E-state index is 12.2. The lowest BCUT2D eigenvalue weighted by atomic mass is 10.0. The van der Waals surface area contributed by atoms with E-state index < -0.39 is 28.9 Å². The van der Waals surface area contributed by atoms with E-state index in [1.54, 1.807) is 31.2 Å². The third kappa shape index (κ3) is 2.08. The smallest absolute Gasteiger partial charge is 0.332 e. The van der Waals surface area contributed by atoms with Crippen molar-refractivity contribution in [3.05, 3.63) is 35.9 Å². The second kappa shape index (κ2) is 4.59. The van der Waals surface area contributed by atoms with Crippen molar-refractivity contribution in [3.8, 4) is 0 Å². The van der Waals surface area contributed by atoms with Crippen LogP contribution in [0.15, 0.2) is 30.3 Å². The van der Waals surface area contributed by atoms with E-state index in [9.17, 15) is 14.7 Å². The largest absolute Gasteiger partial charge is 0.479 e. The Labute approximate surface area is 117 Å². The molecule has 0 aliphatic heterocycles. The van der Waals surface area contributed by atoms with Crippen LogP contribution in [0.1, 0.15) is 31.1 Å². The van der Waals surface area contributed by atoms with Crippen LogP contribution in [0.25, 0.3) is 0 Å². The van der Waals surface area contributed by atoms with E-state index in [2.05, 4.69) is 5.32 Å². The minimum Gasteiger partial charge on any atom is -0.479 e. The van der Waals surface area contributed by atoms with Gasteiger partial charge in [-0.1, -0.05) is 32.0 Å². The van der Waals surface area contributed by atoms with Crippen LogP contribution in [0.5, 0.6) is 0 Å². The fraction of sp³-hybridized carbons (Fsp3) is 0.467. The number of aliphatic hydroxyl groups is 1. The zero-order valence-electron chi connectivity index (χ0n) is 11.8. The van der Waals surface area contributed by atoms with Crippen LogP contribution in [-0.2, 0) is 4.79 Å². The van der Waals surface area contributed by atoms with Crippen LogP contribution in [0.3, 0.4) is 0 Å². The Kier molecular flexibility index (Phi) is 3.34. The third-order valence-corrected chi connectivity index (χ3v) is 4.63. The summed E-state index contributed by atoms with van der Waals surface area (Å²) in [4.78, 5) is 23.1. The summed E-state index contributed by atoms with van der Waals surface area (Å²) in [7, 11) is 0. The first-order valence-electron chi connectivity index (χ1n) is 6.50. The molecule has 5 heteroatoms. The number of hydrogen-bond acceptors (Lipinski definition) is 3. The molecule has 0 radical (unpaired) electrons. The minimum atomic E-state index is -1.48. The molecule has 0 unspecified atom stereocenters. The topological polar surface area (TPSA) is 86.6 Å². The average Bonchev–Trinajstić information content (AvgIpc) is 2.82. The van der Waals surface area contributed by atoms with Gasteiger partial charge < -0.3 is 15.5 Å². The van der Waals surface area contributed by atoms with Gasteiger partial charge in [-0.3, -0.25) is 4.79 Å². The van der Waals surface area contributed by atoms with Gasteiger partial charge in [0.15, 0.2) is 6.10 Å². The first kappa shape index (κ1) is 14.5. The normalized spacial score (nSPS) is 28.5. The molecule has 0 spiro atoms. The van der Waals surface area contributed by atoms with Crippen LogP contribution in [0, 0.1) is 11.3 Å². The van der Waals surface area contributed by atoms with Gasteiger partial charge in [-0.25, -0.2) is 4.79 Å². The van der Waals surface area contributed by atoms with Crippen molar-refractivity contribution in [2.24, 2.45) is 11.3 Å².